The van der Waals surface area contributed by atoms with Crippen LogP contribution in [0.5, 0.6) is 5.75 Å². The maximum Gasteiger partial charge on any atom is 0.270 e. The highest BCUT2D eigenvalue weighted by Crippen LogP contribution is 2.31. The van der Waals surface area contributed by atoms with Gasteiger partial charge in [-0.3, -0.25) is 14.5 Å². The molecule has 2 aliphatic heterocycles. The average Bonchev–Trinajstić information content (AvgIpc) is 3.67. The zero-order valence-corrected chi connectivity index (χ0v) is 20.0. The first kappa shape index (κ1) is 22.1. The number of anilines is 1. The summed E-state index contributed by atoms with van der Waals surface area (Å²) >= 11 is 0. The van der Waals surface area contributed by atoms with Gasteiger partial charge in [0, 0.05) is 60.3 Å². The molecule has 3 aliphatic rings. The van der Waals surface area contributed by atoms with E-state index in [1.807, 2.05) is 31.3 Å². The number of aromatic nitrogens is 2. The molecular formula is C27H31N5O3. The number of hydrogen-bond acceptors (Lipinski definition) is 6. The number of nitrogens with zero attached hydrogens (tertiary/aromatic N) is 3. The van der Waals surface area contributed by atoms with Crippen molar-refractivity contribution >= 4 is 22.5 Å². The molecule has 1 saturated carbocycles. The molecule has 2 fully saturated rings. The monoisotopic (exact) mass is 473 g/mol. The third-order valence-electron chi connectivity index (χ3n) is 7.43. The van der Waals surface area contributed by atoms with Crippen LogP contribution in [0.25, 0.3) is 10.9 Å². The van der Waals surface area contributed by atoms with E-state index < -0.39 is 0 Å². The zero-order chi connectivity index (χ0) is 23.9. The predicted molar refractivity (Wildman–Crippen MR) is 135 cm³/mol. The third-order valence-corrected chi connectivity index (χ3v) is 7.43. The molecule has 2 N–H and O–H groups in total. The van der Waals surface area contributed by atoms with Crippen LogP contribution in [-0.2, 0) is 13.0 Å². The average molecular weight is 474 g/mol. The van der Waals surface area contributed by atoms with Gasteiger partial charge in [0.05, 0.1) is 18.5 Å². The highest BCUT2D eigenvalue weighted by Gasteiger charge is 2.30. The van der Waals surface area contributed by atoms with Crippen molar-refractivity contribution in [2.24, 2.45) is 0 Å². The Morgan fingerprint density at radius 2 is 2.09 bits per heavy atom. The molecule has 1 unspecified atom stereocenters. The van der Waals surface area contributed by atoms with Gasteiger partial charge >= 0.3 is 0 Å². The number of H-pyrrole nitrogens is 1. The van der Waals surface area contributed by atoms with Crippen molar-refractivity contribution in [3.63, 3.8) is 0 Å². The third kappa shape index (κ3) is 4.50. The van der Waals surface area contributed by atoms with E-state index in [0.717, 1.165) is 78.9 Å². The molecule has 0 spiro atoms. The largest absolute Gasteiger partial charge is 0.493 e. The fourth-order valence-electron chi connectivity index (χ4n) is 5.17. The van der Waals surface area contributed by atoms with Gasteiger partial charge in [-0.2, -0.15) is 0 Å². The molecule has 1 aromatic carbocycles. The van der Waals surface area contributed by atoms with Crippen LogP contribution in [0, 0.1) is 0 Å². The minimum absolute atomic E-state index is 0.0112. The maximum absolute atomic E-state index is 12.3. The van der Waals surface area contributed by atoms with Crippen LogP contribution in [0.4, 0.5) is 5.69 Å². The first-order valence-corrected chi connectivity index (χ1v) is 12.6. The number of nitrogens with one attached hydrogen (secondary N) is 2. The number of hydrogen-bond donors (Lipinski definition) is 2. The summed E-state index contributed by atoms with van der Waals surface area (Å²) in [5, 5.41) is 4.01. The van der Waals surface area contributed by atoms with Crippen molar-refractivity contribution < 1.29 is 9.53 Å². The Hall–Kier alpha value is -3.39. The molecular weight excluding hydrogens is 442 g/mol. The van der Waals surface area contributed by atoms with Crippen molar-refractivity contribution in [1.82, 2.24) is 20.2 Å². The van der Waals surface area contributed by atoms with E-state index >= 15 is 0 Å². The second-order valence-electron chi connectivity index (χ2n) is 9.88. The maximum atomic E-state index is 12.3. The molecule has 6 rings (SSSR count). The van der Waals surface area contributed by atoms with E-state index in [0.29, 0.717) is 30.8 Å². The van der Waals surface area contributed by atoms with Gasteiger partial charge in [0.15, 0.2) is 0 Å². The highest BCUT2D eigenvalue weighted by molar-refractivity contribution is 5.92. The van der Waals surface area contributed by atoms with Crippen molar-refractivity contribution in [3.05, 3.63) is 63.7 Å². The van der Waals surface area contributed by atoms with Gasteiger partial charge in [0.1, 0.15) is 11.4 Å². The summed E-state index contributed by atoms with van der Waals surface area (Å²) in [6.45, 7) is 6.15. The second kappa shape index (κ2) is 9.00. The molecule has 0 radical (unpaired) electrons. The summed E-state index contributed by atoms with van der Waals surface area (Å²) in [4.78, 5) is 36.9. The van der Waals surface area contributed by atoms with Crippen LogP contribution in [0.2, 0.25) is 0 Å². The zero-order valence-electron chi connectivity index (χ0n) is 20.0. The number of amides is 1. The quantitative estimate of drug-likeness (QED) is 0.606. The van der Waals surface area contributed by atoms with E-state index in [2.05, 4.69) is 37.2 Å². The van der Waals surface area contributed by atoms with E-state index in [-0.39, 0.29) is 11.5 Å². The molecule has 182 valence electrons. The number of carbonyl (C=O) groups excluding carboxylic acids is 1. The highest BCUT2D eigenvalue weighted by atomic mass is 16.5. The number of carbonyl (C=O) groups is 1. The molecule has 2 aromatic heterocycles. The Balaban J connectivity index is 1.18. The lowest BCUT2D eigenvalue weighted by molar-refractivity contribution is 0.0946. The fourth-order valence-corrected chi connectivity index (χ4v) is 5.17. The molecule has 8 nitrogen and oxygen atoms in total. The Bertz CT molecular complexity index is 1310. The van der Waals surface area contributed by atoms with Gasteiger partial charge in [-0.1, -0.05) is 6.92 Å². The Kier molecular flexibility index (Phi) is 5.68. The lowest BCUT2D eigenvalue weighted by Gasteiger charge is -2.43. The minimum Gasteiger partial charge on any atom is -0.493 e. The molecule has 0 bridgehead atoms. The first-order chi connectivity index (χ1) is 17.1. The first-order valence-electron chi connectivity index (χ1n) is 12.6. The smallest absolute Gasteiger partial charge is 0.270 e. The van der Waals surface area contributed by atoms with Gasteiger partial charge in [-0.25, -0.2) is 4.98 Å². The molecule has 1 atom stereocenters. The SMILES string of the molecule is CCc1cc2cc3c(cc2[nH]c1=O)CN1CCN(c2ccc(C(=O)NC4CC4)nc2)CC1CCO3. The van der Waals surface area contributed by atoms with Crippen molar-refractivity contribution in [2.75, 3.05) is 31.1 Å². The van der Waals surface area contributed by atoms with Gasteiger partial charge < -0.3 is 19.9 Å². The van der Waals surface area contributed by atoms with Crippen LogP contribution in [-0.4, -0.2) is 59.1 Å². The minimum atomic E-state index is -0.0838. The summed E-state index contributed by atoms with van der Waals surface area (Å²) in [5.41, 5.74) is 4.29. The van der Waals surface area contributed by atoms with E-state index in [4.69, 9.17) is 4.74 Å². The number of pyridine rings is 2. The van der Waals surface area contributed by atoms with Crippen LogP contribution < -0.4 is 20.5 Å². The lowest BCUT2D eigenvalue weighted by atomic mass is 10.0. The molecule has 4 heterocycles. The van der Waals surface area contributed by atoms with Gasteiger partial charge in [-0.15, -0.1) is 0 Å². The number of aromatic amines is 1. The number of aryl methyl sites for hydroxylation is 1. The number of fused-ring (bicyclic) bond motifs is 3. The Labute approximate surface area is 204 Å². The lowest BCUT2D eigenvalue weighted by Crippen LogP contribution is -2.53. The molecule has 1 aliphatic carbocycles. The topological polar surface area (TPSA) is 90.6 Å². The predicted octanol–water partition coefficient (Wildman–Crippen LogP) is 2.85. The number of piperazine rings is 1. The van der Waals surface area contributed by atoms with Crippen molar-refractivity contribution in [2.45, 2.75) is 51.2 Å². The summed E-state index contributed by atoms with van der Waals surface area (Å²) < 4.78 is 6.22. The number of benzene rings is 1. The summed E-state index contributed by atoms with van der Waals surface area (Å²) in [5.74, 6) is 0.830. The molecule has 3 aromatic rings. The molecule has 1 saturated heterocycles. The van der Waals surface area contributed by atoms with Crippen molar-refractivity contribution in [1.29, 1.82) is 0 Å². The van der Waals surface area contributed by atoms with Gasteiger partial charge in [0.2, 0.25) is 0 Å². The van der Waals surface area contributed by atoms with Crippen molar-refractivity contribution in [3.8, 4) is 5.75 Å². The van der Waals surface area contributed by atoms with Gasteiger partial charge in [-0.05, 0) is 56.0 Å². The summed E-state index contributed by atoms with van der Waals surface area (Å²) in [6.07, 6.45) is 5.60. The van der Waals surface area contributed by atoms with Crippen LogP contribution >= 0.6 is 0 Å². The molecule has 1 amide bonds. The van der Waals surface area contributed by atoms with E-state index in [9.17, 15) is 9.59 Å². The van der Waals surface area contributed by atoms with E-state index in [1.54, 1.807) is 0 Å². The molecule has 35 heavy (non-hydrogen) atoms. The van der Waals surface area contributed by atoms with Crippen LogP contribution in [0.3, 0.4) is 0 Å². The number of ether oxygens (including phenoxy) is 1. The van der Waals surface area contributed by atoms with Gasteiger partial charge in [0.25, 0.3) is 11.5 Å². The second-order valence-corrected chi connectivity index (χ2v) is 9.88. The van der Waals surface area contributed by atoms with Crippen LogP contribution in [0.15, 0.2) is 41.3 Å². The Morgan fingerprint density at radius 1 is 1.20 bits per heavy atom. The summed E-state index contributed by atoms with van der Waals surface area (Å²) in [7, 11) is 0. The Morgan fingerprint density at radius 3 is 2.86 bits per heavy atom. The normalized spacial score (nSPS) is 20.4. The summed E-state index contributed by atoms with van der Waals surface area (Å²) in [6, 6.07) is 10.6. The molecule has 8 heteroatoms. The van der Waals surface area contributed by atoms with E-state index in [1.165, 1.54) is 0 Å². The van der Waals surface area contributed by atoms with Crippen LogP contribution in [0.1, 0.15) is 47.8 Å². The number of rotatable bonds is 4. The standard InChI is InChI=1S/C27H31N5O3/c1-2-17-11-18-13-25-19(12-24(18)30-26(17)33)15-31-8-9-32(16-22(31)7-10-35-25)21-5-6-23(28-14-21)27(34)29-20-3-4-20/h5-6,11-14,20,22H,2-4,7-10,15-16H2,1H3,(H,29,34)(H,30,33). The fraction of sp³-hybridized carbons (Fsp3) is 0.444.